The lowest BCUT2D eigenvalue weighted by Crippen LogP contribution is -2.23. The number of aromatic amines is 1. The van der Waals surface area contributed by atoms with Gasteiger partial charge in [0.1, 0.15) is 5.78 Å². The van der Waals surface area contributed by atoms with Crippen molar-refractivity contribution < 1.29 is 4.79 Å². The SMILES string of the molecule is NCC(C(=O)Cc1ccc(-c2cn[nH]c2)cc1)c1ccccc1. The first-order valence-corrected chi connectivity index (χ1v) is 7.63. The van der Waals surface area contributed by atoms with E-state index in [9.17, 15) is 4.79 Å². The number of nitrogens with one attached hydrogen (secondary N) is 1. The van der Waals surface area contributed by atoms with Crippen LogP contribution in [0.15, 0.2) is 67.0 Å². The van der Waals surface area contributed by atoms with Gasteiger partial charge in [-0.25, -0.2) is 0 Å². The lowest BCUT2D eigenvalue weighted by atomic mass is 9.91. The molecular formula is C19H19N3O. The Morgan fingerprint density at radius 1 is 1.04 bits per heavy atom. The lowest BCUT2D eigenvalue weighted by Gasteiger charge is -2.14. The maximum atomic E-state index is 12.6. The summed E-state index contributed by atoms with van der Waals surface area (Å²) in [5.41, 5.74) is 9.91. The summed E-state index contributed by atoms with van der Waals surface area (Å²) in [6, 6.07) is 17.7. The number of nitrogens with zero attached hydrogens (tertiary/aromatic N) is 1. The molecule has 1 atom stereocenters. The molecule has 116 valence electrons. The van der Waals surface area contributed by atoms with Crippen LogP contribution in [0.1, 0.15) is 17.0 Å². The normalized spacial score (nSPS) is 12.0. The topological polar surface area (TPSA) is 71.8 Å². The average molecular weight is 305 g/mol. The highest BCUT2D eigenvalue weighted by Crippen LogP contribution is 2.21. The van der Waals surface area contributed by atoms with Crippen LogP contribution < -0.4 is 5.73 Å². The Morgan fingerprint density at radius 3 is 2.39 bits per heavy atom. The van der Waals surface area contributed by atoms with E-state index in [0.29, 0.717) is 13.0 Å². The molecule has 1 aromatic heterocycles. The fourth-order valence-corrected chi connectivity index (χ4v) is 2.69. The summed E-state index contributed by atoms with van der Waals surface area (Å²) in [5, 5.41) is 6.74. The summed E-state index contributed by atoms with van der Waals surface area (Å²) in [7, 11) is 0. The molecule has 2 aromatic carbocycles. The van der Waals surface area contributed by atoms with Gasteiger partial charge in [0.2, 0.25) is 0 Å². The third kappa shape index (κ3) is 3.55. The van der Waals surface area contributed by atoms with Crippen molar-refractivity contribution in [2.45, 2.75) is 12.3 Å². The van der Waals surface area contributed by atoms with Crippen molar-refractivity contribution in [2.24, 2.45) is 5.73 Å². The third-order valence-corrected chi connectivity index (χ3v) is 3.99. The minimum atomic E-state index is -0.246. The first kappa shape index (κ1) is 15.2. The van der Waals surface area contributed by atoms with Crippen LogP contribution in [0.4, 0.5) is 0 Å². The van der Waals surface area contributed by atoms with E-state index in [0.717, 1.165) is 22.3 Å². The van der Waals surface area contributed by atoms with Crippen molar-refractivity contribution in [3.8, 4) is 11.1 Å². The minimum absolute atomic E-state index is 0.148. The van der Waals surface area contributed by atoms with Gasteiger partial charge in [0, 0.05) is 24.7 Å². The van der Waals surface area contributed by atoms with Crippen molar-refractivity contribution in [1.82, 2.24) is 10.2 Å². The summed E-state index contributed by atoms with van der Waals surface area (Å²) < 4.78 is 0. The van der Waals surface area contributed by atoms with Crippen LogP contribution >= 0.6 is 0 Å². The quantitative estimate of drug-likeness (QED) is 0.735. The molecule has 0 saturated heterocycles. The van der Waals surface area contributed by atoms with Gasteiger partial charge >= 0.3 is 0 Å². The standard InChI is InChI=1S/C19H19N3O/c20-11-18(16-4-2-1-3-5-16)19(23)10-14-6-8-15(9-7-14)17-12-21-22-13-17/h1-9,12-13,18H,10-11,20H2,(H,21,22). The Labute approximate surface area is 135 Å². The smallest absolute Gasteiger partial charge is 0.145 e. The van der Waals surface area contributed by atoms with E-state index in [4.69, 9.17) is 5.73 Å². The van der Waals surface area contributed by atoms with Crippen LogP contribution in [-0.4, -0.2) is 22.5 Å². The molecule has 1 heterocycles. The van der Waals surface area contributed by atoms with Gasteiger partial charge in [-0.15, -0.1) is 0 Å². The van der Waals surface area contributed by atoms with E-state index < -0.39 is 0 Å². The number of rotatable bonds is 6. The van der Waals surface area contributed by atoms with E-state index in [1.165, 1.54) is 0 Å². The monoisotopic (exact) mass is 305 g/mol. The highest BCUT2D eigenvalue weighted by Gasteiger charge is 2.18. The highest BCUT2D eigenvalue weighted by atomic mass is 16.1. The lowest BCUT2D eigenvalue weighted by molar-refractivity contribution is -0.119. The van der Waals surface area contributed by atoms with Crippen LogP contribution in [0.2, 0.25) is 0 Å². The molecule has 0 saturated carbocycles. The van der Waals surface area contributed by atoms with Crippen LogP contribution in [0, 0.1) is 0 Å². The number of hydrogen-bond donors (Lipinski definition) is 2. The predicted octanol–water partition coefficient (Wildman–Crippen LogP) is 2.93. The molecule has 3 rings (SSSR count). The van der Waals surface area contributed by atoms with E-state index in [-0.39, 0.29) is 11.7 Å². The molecule has 0 amide bonds. The molecule has 23 heavy (non-hydrogen) atoms. The minimum Gasteiger partial charge on any atom is -0.329 e. The number of H-pyrrole nitrogens is 1. The van der Waals surface area contributed by atoms with Crippen molar-refractivity contribution >= 4 is 5.78 Å². The van der Waals surface area contributed by atoms with Crippen molar-refractivity contribution in [3.63, 3.8) is 0 Å². The molecular weight excluding hydrogens is 286 g/mol. The van der Waals surface area contributed by atoms with Gasteiger partial charge in [-0.3, -0.25) is 9.89 Å². The fourth-order valence-electron chi connectivity index (χ4n) is 2.69. The van der Waals surface area contributed by atoms with Gasteiger partial charge in [-0.1, -0.05) is 54.6 Å². The van der Waals surface area contributed by atoms with E-state index in [1.54, 1.807) is 6.20 Å². The van der Waals surface area contributed by atoms with Crippen LogP contribution in [0.25, 0.3) is 11.1 Å². The number of nitrogens with two attached hydrogens (primary N) is 1. The first-order chi connectivity index (χ1) is 11.3. The Balaban J connectivity index is 1.72. The number of carbonyl (C=O) groups is 1. The molecule has 1 unspecified atom stereocenters. The van der Waals surface area contributed by atoms with Crippen molar-refractivity contribution in [3.05, 3.63) is 78.1 Å². The molecule has 3 aromatic rings. The number of hydrogen-bond acceptors (Lipinski definition) is 3. The molecule has 4 nitrogen and oxygen atoms in total. The zero-order valence-electron chi connectivity index (χ0n) is 12.8. The van der Waals surface area contributed by atoms with Crippen molar-refractivity contribution in [2.75, 3.05) is 6.54 Å². The number of ketones is 1. The Hall–Kier alpha value is -2.72. The second-order valence-corrected chi connectivity index (χ2v) is 5.53. The Morgan fingerprint density at radius 2 is 1.78 bits per heavy atom. The summed E-state index contributed by atoms with van der Waals surface area (Å²) >= 11 is 0. The molecule has 0 radical (unpaired) electrons. The number of benzene rings is 2. The second kappa shape index (κ2) is 7.03. The Kier molecular flexibility index (Phi) is 4.64. The molecule has 0 spiro atoms. The van der Waals surface area contributed by atoms with Gasteiger partial charge in [0.25, 0.3) is 0 Å². The van der Waals surface area contributed by atoms with Gasteiger partial charge in [-0.05, 0) is 16.7 Å². The van der Waals surface area contributed by atoms with Gasteiger partial charge in [-0.2, -0.15) is 5.10 Å². The summed E-state index contributed by atoms with van der Waals surface area (Å²) in [6.07, 6.45) is 4.02. The van der Waals surface area contributed by atoms with Gasteiger partial charge in [0.15, 0.2) is 0 Å². The van der Waals surface area contributed by atoms with Gasteiger partial charge in [0.05, 0.1) is 12.1 Å². The first-order valence-electron chi connectivity index (χ1n) is 7.63. The maximum Gasteiger partial charge on any atom is 0.145 e. The summed E-state index contributed by atoms with van der Waals surface area (Å²) in [4.78, 5) is 12.6. The number of Topliss-reactive ketones (excluding diaryl/α,β-unsaturated/α-hetero) is 1. The van der Waals surface area contributed by atoms with Crippen LogP contribution in [0.5, 0.6) is 0 Å². The summed E-state index contributed by atoms with van der Waals surface area (Å²) in [6.45, 7) is 0.329. The zero-order chi connectivity index (χ0) is 16.1. The molecule has 0 aliphatic carbocycles. The second-order valence-electron chi connectivity index (χ2n) is 5.53. The molecule has 3 N–H and O–H groups in total. The van der Waals surface area contributed by atoms with Crippen molar-refractivity contribution in [1.29, 1.82) is 0 Å². The highest BCUT2D eigenvalue weighted by molar-refractivity contribution is 5.88. The average Bonchev–Trinajstić information content (AvgIpc) is 3.12. The molecule has 0 aliphatic rings. The predicted molar refractivity (Wildman–Crippen MR) is 91.0 cm³/mol. The molecule has 4 heteroatoms. The number of carbonyl (C=O) groups excluding carboxylic acids is 1. The fraction of sp³-hybridized carbons (Fsp3) is 0.158. The zero-order valence-corrected chi connectivity index (χ0v) is 12.8. The molecule has 0 bridgehead atoms. The summed E-state index contributed by atoms with van der Waals surface area (Å²) in [5.74, 6) is -0.0977. The molecule has 0 aliphatic heterocycles. The third-order valence-electron chi connectivity index (χ3n) is 3.99. The number of aromatic nitrogens is 2. The van der Waals surface area contributed by atoms with Gasteiger partial charge < -0.3 is 5.73 Å². The van der Waals surface area contributed by atoms with E-state index in [1.807, 2.05) is 60.8 Å². The largest absolute Gasteiger partial charge is 0.329 e. The van der Waals surface area contributed by atoms with Crippen LogP contribution in [0.3, 0.4) is 0 Å². The van der Waals surface area contributed by atoms with E-state index >= 15 is 0 Å². The van der Waals surface area contributed by atoms with E-state index in [2.05, 4.69) is 10.2 Å². The maximum absolute atomic E-state index is 12.6. The molecule has 0 fully saturated rings. The van der Waals surface area contributed by atoms with Crippen LogP contribution in [-0.2, 0) is 11.2 Å². The Bertz CT molecular complexity index is 749.